The molecule has 0 bridgehead atoms. The third kappa shape index (κ3) is 3.36. The number of rotatable bonds is 5. The fourth-order valence-electron chi connectivity index (χ4n) is 2.52. The number of carboxylic acid groups (broad SMARTS) is 1. The number of furan rings is 1. The Kier molecular flexibility index (Phi) is 4.85. The number of nitrogens with zero attached hydrogens (tertiary/aromatic N) is 2. The number of carboxylic acids is 1. The number of hydrogen-bond acceptors (Lipinski definition) is 4. The molecule has 2 amide bonds. The second-order valence-corrected chi connectivity index (χ2v) is 5.05. The summed E-state index contributed by atoms with van der Waals surface area (Å²) in [5.74, 6) is -0.928. The van der Waals surface area contributed by atoms with E-state index in [0.29, 0.717) is 18.8 Å². The Labute approximate surface area is 123 Å². The molecule has 1 fully saturated rings. The van der Waals surface area contributed by atoms with Crippen molar-refractivity contribution in [3.8, 4) is 0 Å². The molecular formula is C14H20N2O5. The molecule has 1 N–H and O–H groups in total. The maximum atomic E-state index is 12.5. The van der Waals surface area contributed by atoms with Crippen LogP contribution in [-0.4, -0.2) is 59.8 Å². The number of carbonyl (C=O) groups excluding carboxylic acids is 1. The first kappa shape index (κ1) is 15.4. The van der Waals surface area contributed by atoms with Crippen molar-refractivity contribution < 1.29 is 23.8 Å². The van der Waals surface area contributed by atoms with E-state index in [1.165, 1.54) is 4.90 Å². The fourth-order valence-corrected chi connectivity index (χ4v) is 2.52. The van der Waals surface area contributed by atoms with Crippen LogP contribution in [0.2, 0.25) is 0 Å². The summed E-state index contributed by atoms with van der Waals surface area (Å²) in [7, 11) is 1.67. The summed E-state index contributed by atoms with van der Waals surface area (Å²) in [6.07, 6.45) is 1.55. The van der Waals surface area contributed by atoms with Crippen molar-refractivity contribution in [3.63, 3.8) is 0 Å². The van der Waals surface area contributed by atoms with E-state index in [9.17, 15) is 14.7 Å². The molecule has 2 rings (SSSR count). The van der Waals surface area contributed by atoms with Crippen molar-refractivity contribution in [3.05, 3.63) is 24.2 Å². The molecule has 21 heavy (non-hydrogen) atoms. The Balaban J connectivity index is 2.05. The minimum atomic E-state index is -0.933. The van der Waals surface area contributed by atoms with Crippen molar-refractivity contribution >= 4 is 12.0 Å². The van der Waals surface area contributed by atoms with Gasteiger partial charge in [-0.05, 0) is 19.1 Å². The van der Waals surface area contributed by atoms with Crippen LogP contribution < -0.4 is 0 Å². The van der Waals surface area contributed by atoms with Gasteiger partial charge in [0.25, 0.3) is 0 Å². The van der Waals surface area contributed by atoms with E-state index in [0.717, 1.165) is 0 Å². The highest BCUT2D eigenvalue weighted by Gasteiger charge is 2.40. The molecular weight excluding hydrogens is 276 g/mol. The van der Waals surface area contributed by atoms with E-state index in [1.807, 2.05) is 6.92 Å². The molecule has 1 saturated heterocycles. The van der Waals surface area contributed by atoms with E-state index in [-0.39, 0.29) is 19.2 Å². The predicted octanol–water partition coefficient (Wildman–Crippen LogP) is 1.25. The van der Waals surface area contributed by atoms with E-state index in [4.69, 9.17) is 9.15 Å². The number of hydrogen-bond donors (Lipinski definition) is 1. The standard InChI is InChI=1S/C14H20N2O5/c1-3-16(12-9-20-8-11(12)13(17)18)14(19)15(2)7-10-5-4-6-21-10/h4-6,11-12H,3,7-9H2,1-2H3,(H,17,18). The van der Waals surface area contributed by atoms with Crippen LogP contribution >= 0.6 is 0 Å². The van der Waals surface area contributed by atoms with Gasteiger partial charge in [-0.1, -0.05) is 0 Å². The molecule has 1 aromatic heterocycles. The molecule has 2 unspecified atom stereocenters. The van der Waals surface area contributed by atoms with Crippen LogP contribution in [0.5, 0.6) is 0 Å². The van der Waals surface area contributed by atoms with Gasteiger partial charge in [-0.2, -0.15) is 0 Å². The van der Waals surface area contributed by atoms with E-state index in [1.54, 1.807) is 30.3 Å². The number of amides is 2. The number of ether oxygens (including phenoxy) is 1. The van der Waals surface area contributed by atoms with Crippen molar-refractivity contribution in [2.24, 2.45) is 5.92 Å². The minimum absolute atomic E-state index is 0.145. The van der Waals surface area contributed by atoms with Gasteiger partial charge >= 0.3 is 12.0 Å². The van der Waals surface area contributed by atoms with Gasteiger partial charge in [-0.3, -0.25) is 4.79 Å². The van der Waals surface area contributed by atoms with Gasteiger partial charge in [0.15, 0.2) is 0 Å². The Morgan fingerprint density at radius 2 is 2.19 bits per heavy atom. The highest BCUT2D eigenvalue weighted by atomic mass is 16.5. The van der Waals surface area contributed by atoms with Crippen LogP contribution in [0.1, 0.15) is 12.7 Å². The Hall–Kier alpha value is -2.02. The molecule has 2 heterocycles. The first-order valence-electron chi connectivity index (χ1n) is 6.89. The lowest BCUT2D eigenvalue weighted by atomic mass is 10.0. The van der Waals surface area contributed by atoms with Crippen LogP contribution in [0.3, 0.4) is 0 Å². The first-order valence-corrected chi connectivity index (χ1v) is 6.89. The number of aliphatic carboxylic acids is 1. The lowest BCUT2D eigenvalue weighted by molar-refractivity contribution is -0.142. The van der Waals surface area contributed by atoms with Crippen LogP contribution in [0, 0.1) is 5.92 Å². The largest absolute Gasteiger partial charge is 0.481 e. The molecule has 0 aliphatic carbocycles. The molecule has 0 spiro atoms. The summed E-state index contributed by atoms with van der Waals surface area (Å²) in [5, 5.41) is 9.21. The molecule has 0 radical (unpaired) electrons. The molecule has 0 aromatic carbocycles. The van der Waals surface area contributed by atoms with Crippen LogP contribution in [0.25, 0.3) is 0 Å². The summed E-state index contributed by atoms with van der Waals surface area (Å²) in [4.78, 5) is 26.8. The van der Waals surface area contributed by atoms with E-state index < -0.39 is 17.9 Å². The topological polar surface area (TPSA) is 83.2 Å². The number of urea groups is 1. The van der Waals surface area contributed by atoms with Gasteiger partial charge in [-0.25, -0.2) is 4.79 Å². The third-order valence-corrected chi connectivity index (χ3v) is 3.65. The zero-order chi connectivity index (χ0) is 15.4. The molecule has 1 aromatic rings. The van der Waals surface area contributed by atoms with Crippen LogP contribution in [0.15, 0.2) is 22.8 Å². The molecule has 7 nitrogen and oxygen atoms in total. The molecule has 7 heteroatoms. The quantitative estimate of drug-likeness (QED) is 0.884. The average molecular weight is 296 g/mol. The third-order valence-electron chi connectivity index (χ3n) is 3.65. The lowest BCUT2D eigenvalue weighted by Gasteiger charge is -2.32. The van der Waals surface area contributed by atoms with Crippen molar-refractivity contribution in [2.75, 3.05) is 26.8 Å². The SMILES string of the molecule is CCN(C(=O)N(C)Cc1ccco1)C1COCC1C(=O)O. The summed E-state index contributed by atoms with van der Waals surface area (Å²) in [5.41, 5.74) is 0. The Morgan fingerprint density at radius 1 is 1.43 bits per heavy atom. The second kappa shape index (κ2) is 6.62. The van der Waals surface area contributed by atoms with E-state index in [2.05, 4.69) is 0 Å². The maximum Gasteiger partial charge on any atom is 0.320 e. The molecule has 2 atom stereocenters. The summed E-state index contributed by atoms with van der Waals surface area (Å²) >= 11 is 0. The zero-order valence-corrected chi connectivity index (χ0v) is 12.2. The van der Waals surface area contributed by atoms with Gasteiger partial charge in [0, 0.05) is 13.6 Å². The normalized spacial score (nSPS) is 21.2. The van der Waals surface area contributed by atoms with Crippen molar-refractivity contribution in [2.45, 2.75) is 19.5 Å². The van der Waals surface area contributed by atoms with Crippen molar-refractivity contribution in [1.82, 2.24) is 9.80 Å². The molecule has 0 saturated carbocycles. The predicted molar refractivity (Wildman–Crippen MR) is 73.7 cm³/mol. The monoisotopic (exact) mass is 296 g/mol. The second-order valence-electron chi connectivity index (χ2n) is 5.05. The van der Waals surface area contributed by atoms with Gasteiger partial charge in [-0.15, -0.1) is 0 Å². The van der Waals surface area contributed by atoms with Crippen LogP contribution in [0.4, 0.5) is 4.79 Å². The summed E-state index contributed by atoms with van der Waals surface area (Å²) in [6.45, 7) is 3.00. The van der Waals surface area contributed by atoms with Gasteiger partial charge in [0.05, 0.1) is 32.1 Å². The number of likely N-dealkylation sites (N-methyl/N-ethyl adjacent to an activating group) is 1. The highest BCUT2D eigenvalue weighted by Crippen LogP contribution is 2.21. The summed E-state index contributed by atoms with van der Waals surface area (Å²) < 4.78 is 10.5. The Bertz CT molecular complexity index is 488. The van der Waals surface area contributed by atoms with Crippen molar-refractivity contribution in [1.29, 1.82) is 0 Å². The number of carbonyl (C=O) groups is 2. The van der Waals surface area contributed by atoms with Gasteiger partial charge < -0.3 is 24.1 Å². The zero-order valence-electron chi connectivity index (χ0n) is 12.2. The highest BCUT2D eigenvalue weighted by molar-refractivity contribution is 5.77. The van der Waals surface area contributed by atoms with Gasteiger partial charge in [0.2, 0.25) is 0 Å². The summed E-state index contributed by atoms with van der Waals surface area (Å²) in [6, 6.07) is 2.89. The first-order chi connectivity index (χ1) is 10.0. The smallest absolute Gasteiger partial charge is 0.320 e. The van der Waals surface area contributed by atoms with E-state index >= 15 is 0 Å². The molecule has 116 valence electrons. The van der Waals surface area contributed by atoms with Gasteiger partial charge in [0.1, 0.15) is 11.7 Å². The average Bonchev–Trinajstić information content (AvgIpc) is 3.10. The molecule has 1 aliphatic heterocycles. The lowest BCUT2D eigenvalue weighted by Crippen LogP contribution is -2.50. The fraction of sp³-hybridized carbons (Fsp3) is 0.571. The minimum Gasteiger partial charge on any atom is -0.481 e. The Morgan fingerprint density at radius 3 is 2.76 bits per heavy atom. The molecule has 1 aliphatic rings. The maximum absolute atomic E-state index is 12.5. The van der Waals surface area contributed by atoms with Crippen LogP contribution in [-0.2, 0) is 16.1 Å².